The molecule has 0 N–H and O–H groups in total. The molecule has 0 unspecified atom stereocenters. The van der Waals surface area contributed by atoms with Gasteiger partial charge in [-0.05, 0) is 37.5 Å². The first-order valence-electron chi connectivity index (χ1n) is 11.6. The second kappa shape index (κ2) is 10.3. The number of ether oxygens (including phenoxy) is 3. The lowest BCUT2D eigenvalue weighted by Crippen LogP contribution is -2.52. The molecule has 1 aromatic heterocycles. The Hall–Kier alpha value is -2.65. The van der Waals surface area contributed by atoms with Crippen LogP contribution in [0.2, 0.25) is 0 Å². The van der Waals surface area contributed by atoms with Gasteiger partial charge in [0.05, 0.1) is 17.8 Å². The number of rotatable bonds is 6. The standard InChI is InChI=1S/C25H29F3N2O4/c1-2-32-19-15-21(18-7-4-3-5-8-18)34-24(16-19)10-13-30(14-11-24)23(31)20-9-6-12-29-22(20)33-17-25(26,27)28/h3-9,12,19,21H,2,10-11,13-17H2,1H3/t19-,21-/m0/s1. The number of hydrogen-bond donors (Lipinski definition) is 0. The first-order chi connectivity index (χ1) is 16.3. The van der Waals surface area contributed by atoms with E-state index in [9.17, 15) is 18.0 Å². The number of piperidine rings is 1. The Morgan fingerprint density at radius 3 is 2.59 bits per heavy atom. The van der Waals surface area contributed by atoms with Crippen LogP contribution in [0.3, 0.4) is 0 Å². The Morgan fingerprint density at radius 1 is 1.18 bits per heavy atom. The molecule has 4 rings (SSSR count). The van der Waals surface area contributed by atoms with Crippen molar-refractivity contribution in [3.05, 3.63) is 59.8 Å². The highest BCUT2D eigenvalue weighted by molar-refractivity contribution is 5.96. The molecule has 2 fully saturated rings. The fourth-order valence-corrected chi connectivity index (χ4v) is 4.80. The van der Waals surface area contributed by atoms with Crippen molar-refractivity contribution >= 4 is 5.91 Å². The van der Waals surface area contributed by atoms with Gasteiger partial charge < -0.3 is 19.1 Å². The van der Waals surface area contributed by atoms with Crippen LogP contribution in [-0.4, -0.2) is 60.0 Å². The van der Waals surface area contributed by atoms with E-state index in [-0.39, 0.29) is 23.7 Å². The molecule has 34 heavy (non-hydrogen) atoms. The van der Waals surface area contributed by atoms with Crippen LogP contribution < -0.4 is 4.74 Å². The first kappa shape index (κ1) is 24.5. The van der Waals surface area contributed by atoms with Gasteiger partial charge in [0.2, 0.25) is 5.88 Å². The maximum absolute atomic E-state index is 13.1. The number of halogens is 3. The molecule has 9 heteroatoms. The van der Waals surface area contributed by atoms with Crippen LogP contribution in [0.4, 0.5) is 13.2 Å². The van der Waals surface area contributed by atoms with Crippen molar-refractivity contribution in [1.29, 1.82) is 0 Å². The van der Waals surface area contributed by atoms with E-state index in [1.54, 1.807) is 4.90 Å². The molecule has 1 aromatic carbocycles. The molecule has 2 saturated heterocycles. The van der Waals surface area contributed by atoms with Gasteiger partial charge in [0.15, 0.2) is 6.61 Å². The minimum absolute atomic E-state index is 0.0293. The number of alkyl halides is 3. The van der Waals surface area contributed by atoms with E-state index in [1.165, 1.54) is 18.3 Å². The molecule has 2 aliphatic heterocycles. The zero-order valence-corrected chi connectivity index (χ0v) is 19.1. The van der Waals surface area contributed by atoms with E-state index in [0.29, 0.717) is 32.5 Å². The lowest BCUT2D eigenvalue weighted by Gasteiger charge is -2.48. The van der Waals surface area contributed by atoms with Crippen molar-refractivity contribution in [1.82, 2.24) is 9.88 Å². The van der Waals surface area contributed by atoms with Gasteiger partial charge in [-0.3, -0.25) is 4.79 Å². The SMILES string of the molecule is CCO[C@H]1C[C@@H](c2ccccc2)OC2(CCN(C(=O)c3cccnc3OCC(F)(F)F)CC2)C1. The van der Waals surface area contributed by atoms with Crippen LogP contribution in [0.5, 0.6) is 5.88 Å². The monoisotopic (exact) mass is 478 g/mol. The summed E-state index contributed by atoms with van der Waals surface area (Å²) in [6, 6.07) is 13.0. The van der Waals surface area contributed by atoms with Gasteiger partial charge in [0.25, 0.3) is 5.91 Å². The second-order valence-electron chi connectivity index (χ2n) is 8.77. The van der Waals surface area contributed by atoms with Gasteiger partial charge in [-0.15, -0.1) is 0 Å². The second-order valence-corrected chi connectivity index (χ2v) is 8.77. The highest BCUT2D eigenvalue weighted by atomic mass is 19.4. The van der Waals surface area contributed by atoms with Gasteiger partial charge in [-0.1, -0.05) is 30.3 Å². The number of aromatic nitrogens is 1. The normalized spacial score (nSPS) is 22.5. The quantitative estimate of drug-likeness (QED) is 0.588. The summed E-state index contributed by atoms with van der Waals surface area (Å²) >= 11 is 0. The number of likely N-dealkylation sites (tertiary alicyclic amines) is 1. The molecular formula is C25H29F3N2O4. The van der Waals surface area contributed by atoms with E-state index in [0.717, 1.165) is 18.4 Å². The molecule has 6 nitrogen and oxygen atoms in total. The van der Waals surface area contributed by atoms with Crippen molar-refractivity contribution in [2.24, 2.45) is 0 Å². The van der Waals surface area contributed by atoms with Crippen molar-refractivity contribution in [3.8, 4) is 5.88 Å². The lowest BCUT2D eigenvalue weighted by atomic mass is 9.80. The molecule has 0 bridgehead atoms. The third-order valence-electron chi connectivity index (χ3n) is 6.38. The van der Waals surface area contributed by atoms with Gasteiger partial charge in [0.1, 0.15) is 5.56 Å². The van der Waals surface area contributed by atoms with Gasteiger partial charge in [0, 0.05) is 38.7 Å². The average molecular weight is 479 g/mol. The number of benzene rings is 1. The van der Waals surface area contributed by atoms with Crippen LogP contribution in [-0.2, 0) is 9.47 Å². The minimum atomic E-state index is -4.51. The maximum atomic E-state index is 13.1. The molecular weight excluding hydrogens is 449 g/mol. The van der Waals surface area contributed by atoms with Crippen LogP contribution in [0.15, 0.2) is 48.7 Å². The third kappa shape index (κ3) is 5.88. The number of hydrogen-bond acceptors (Lipinski definition) is 5. The highest BCUT2D eigenvalue weighted by Gasteiger charge is 2.45. The van der Waals surface area contributed by atoms with Gasteiger partial charge >= 0.3 is 6.18 Å². The Balaban J connectivity index is 1.45. The van der Waals surface area contributed by atoms with Crippen LogP contribution in [0.25, 0.3) is 0 Å². The molecule has 3 heterocycles. The minimum Gasteiger partial charge on any atom is -0.467 e. The van der Waals surface area contributed by atoms with Crippen molar-refractivity contribution in [3.63, 3.8) is 0 Å². The van der Waals surface area contributed by atoms with E-state index < -0.39 is 24.3 Å². The van der Waals surface area contributed by atoms with E-state index in [4.69, 9.17) is 14.2 Å². The molecule has 2 aliphatic rings. The number of amides is 1. The number of carbonyl (C=O) groups excluding carboxylic acids is 1. The number of carbonyl (C=O) groups is 1. The Morgan fingerprint density at radius 2 is 1.91 bits per heavy atom. The predicted octanol–water partition coefficient (Wildman–Crippen LogP) is 4.95. The Labute approximate surface area is 197 Å². The van der Waals surface area contributed by atoms with Gasteiger partial charge in [-0.25, -0.2) is 4.98 Å². The third-order valence-corrected chi connectivity index (χ3v) is 6.38. The molecule has 1 amide bonds. The van der Waals surface area contributed by atoms with E-state index in [1.807, 2.05) is 25.1 Å². The molecule has 2 aromatic rings. The summed E-state index contributed by atoms with van der Waals surface area (Å²) in [5, 5.41) is 0. The summed E-state index contributed by atoms with van der Waals surface area (Å²) in [5.74, 6) is -0.698. The molecule has 184 valence electrons. The largest absolute Gasteiger partial charge is 0.467 e. The topological polar surface area (TPSA) is 60.9 Å². The molecule has 0 radical (unpaired) electrons. The van der Waals surface area contributed by atoms with Crippen LogP contribution >= 0.6 is 0 Å². The van der Waals surface area contributed by atoms with Crippen molar-refractivity contribution < 1.29 is 32.2 Å². The molecule has 0 aliphatic carbocycles. The highest BCUT2D eigenvalue weighted by Crippen LogP contribution is 2.44. The fourth-order valence-electron chi connectivity index (χ4n) is 4.80. The summed E-state index contributed by atoms with van der Waals surface area (Å²) in [7, 11) is 0. The molecule has 1 spiro atoms. The molecule has 0 saturated carbocycles. The Kier molecular flexibility index (Phi) is 7.42. The predicted molar refractivity (Wildman–Crippen MR) is 119 cm³/mol. The Bertz CT molecular complexity index is 962. The van der Waals surface area contributed by atoms with Gasteiger partial charge in [-0.2, -0.15) is 13.2 Å². The lowest BCUT2D eigenvalue weighted by molar-refractivity contribution is -0.190. The summed E-state index contributed by atoms with van der Waals surface area (Å²) in [5.41, 5.74) is 0.716. The number of nitrogens with zero attached hydrogens (tertiary/aromatic N) is 2. The smallest absolute Gasteiger partial charge is 0.422 e. The van der Waals surface area contributed by atoms with E-state index >= 15 is 0 Å². The summed E-state index contributed by atoms with van der Waals surface area (Å²) in [4.78, 5) is 18.6. The summed E-state index contributed by atoms with van der Waals surface area (Å²) in [6.45, 7) is 1.95. The zero-order valence-electron chi connectivity index (χ0n) is 19.1. The zero-order chi connectivity index (χ0) is 24.2. The van der Waals surface area contributed by atoms with Crippen LogP contribution in [0.1, 0.15) is 54.6 Å². The van der Waals surface area contributed by atoms with Crippen molar-refractivity contribution in [2.45, 2.75) is 56.6 Å². The first-order valence-corrected chi connectivity index (χ1v) is 11.6. The summed E-state index contributed by atoms with van der Waals surface area (Å²) in [6.07, 6.45) is -0.478. The summed E-state index contributed by atoms with van der Waals surface area (Å²) < 4.78 is 55.2. The average Bonchev–Trinajstić information content (AvgIpc) is 2.83. The molecule has 2 atom stereocenters. The number of pyridine rings is 1. The fraction of sp³-hybridized carbons (Fsp3) is 0.520. The van der Waals surface area contributed by atoms with Crippen molar-refractivity contribution in [2.75, 3.05) is 26.3 Å². The van der Waals surface area contributed by atoms with Crippen LogP contribution in [0, 0.1) is 0 Å². The maximum Gasteiger partial charge on any atom is 0.422 e. The van der Waals surface area contributed by atoms with E-state index in [2.05, 4.69) is 17.1 Å².